The minimum atomic E-state index is -1.02. The second-order valence-corrected chi connectivity index (χ2v) is 7.61. The van der Waals surface area contributed by atoms with E-state index in [0.717, 1.165) is 11.1 Å². The first-order valence-corrected chi connectivity index (χ1v) is 9.90. The maximum Gasteiger partial charge on any atom is 0.344 e. The zero-order valence-corrected chi connectivity index (χ0v) is 16.9. The molecule has 29 heavy (non-hydrogen) atoms. The van der Waals surface area contributed by atoms with Crippen LogP contribution in [-0.2, 0) is 16.0 Å². The van der Waals surface area contributed by atoms with E-state index in [9.17, 15) is 19.1 Å². The Morgan fingerprint density at radius 2 is 2.00 bits per heavy atom. The molecule has 0 aromatic heterocycles. The van der Waals surface area contributed by atoms with Gasteiger partial charge in [-0.25, -0.2) is 9.18 Å². The van der Waals surface area contributed by atoms with Crippen LogP contribution in [-0.4, -0.2) is 34.5 Å². The summed E-state index contributed by atoms with van der Waals surface area (Å²) in [5, 5.41) is 9.29. The number of ether oxygens (including phenoxy) is 1. The second kappa shape index (κ2) is 8.64. The van der Waals surface area contributed by atoms with Gasteiger partial charge in [0, 0.05) is 12.5 Å². The molecule has 0 saturated carbocycles. The van der Waals surface area contributed by atoms with Crippen LogP contribution >= 0.6 is 0 Å². The third-order valence-corrected chi connectivity index (χ3v) is 5.21. The Bertz CT molecular complexity index is 912. The smallest absolute Gasteiger partial charge is 0.344 e. The molecule has 6 heteroatoms. The number of rotatable bonds is 6. The largest absolute Gasteiger partial charge is 0.479 e. The van der Waals surface area contributed by atoms with E-state index in [1.807, 2.05) is 26.0 Å². The van der Waals surface area contributed by atoms with E-state index >= 15 is 0 Å². The lowest BCUT2D eigenvalue weighted by atomic mass is 9.87. The van der Waals surface area contributed by atoms with Gasteiger partial charge in [0.05, 0.1) is 6.04 Å². The molecule has 1 aliphatic rings. The number of carbonyl (C=O) groups excluding carboxylic acids is 1. The molecule has 1 N–H and O–H groups in total. The molecule has 0 bridgehead atoms. The Balaban J connectivity index is 2.07. The number of nitrogens with zero attached hydrogens (tertiary/aromatic N) is 1. The summed E-state index contributed by atoms with van der Waals surface area (Å²) in [5.41, 5.74) is 2.57. The van der Waals surface area contributed by atoms with Crippen LogP contribution in [0.25, 0.3) is 0 Å². The van der Waals surface area contributed by atoms with Gasteiger partial charge in [0.1, 0.15) is 11.6 Å². The van der Waals surface area contributed by atoms with E-state index in [1.54, 1.807) is 30.0 Å². The van der Waals surface area contributed by atoms with Gasteiger partial charge in [-0.1, -0.05) is 39.0 Å². The van der Waals surface area contributed by atoms with E-state index in [0.29, 0.717) is 30.7 Å². The monoisotopic (exact) mass is 399 g/mol. The summed E-state index contributed by atoms with van der Waals surface area (Å²) in [6, 6.07) is 11.3. The molecule has 3 rings (SSSR count). The lowest BCUT2D eigenvalue weighted by molar-refractivity contribution is -0.145. The first-order valence-electron chi connectivity index (χ1n) is 9.90. The molecule has 2 aromatic rings. The van der Waals surface area contributed by atoms with Gasteiger partial charge in [0.2, 0.25) is 5.91 Å². The molecule has 0 fully saturated rings. The topological polar surface area (TPSA) is 66.8 Å². The number of halogens is 1. The Morgan fingerprint density at radius 3 is 2.62 bits per heavy atom. The zero-order chi connectivity index (χ0) is 21.1. The molecule has 0 radical (unpaired) electrons. The lowest BCUT2D eigenvalue weighted by Gasteiger charge is -2.39. The number of hydrogen-bond donors (Lipinski definition) is 1. The van der Waals surface area contributed by atoms with Gasteiger partial charge in [-0.2, -0.15) is 0 Å². The summed E-state index contributed by atoms with van der Waals surface area (Å²) >= 11 is 0. The van der Waals surface area contributed by atoms with E-state index in [1.165, 1.54) is 12.1 Å². The van der Waals surface area contributed by atoms with Crippen molar-refractivity contribution in [3.63, 3.8) is 0 Å². The average molecular weight is 399 g/mol. The lowest BCUT2D eigenvalue weighted by Crippen LogP contribution is -2.42. The standard InChI is InChI=1S/C23H26FNO4/c1-4-20(23(27)28)29-18-9-8-15-10-11-25(22(26)14(2)3)21(19(15)13-18)16-6-5-7-17(24)12-16/h5-9,12-14,20-21H,4,10-11H2,1-3H3,(H,27,28). The van der Waals surface area contributed by atoms with Gasteiger partial charge in [0.25, 0.3) is 0 Å². The highest BCUT2D eigenvalue weighted by Gasteiger charge is 2.33. The van der Waals surface area contributed by atoms with Crippen molar-refractivity contribution in [2.45, 2.75) is 45.8 Å². The molecule has 154 valence electrons. The third-order valence-electron chi connectivity index (χ3n) is 5.21. The van der Waals surface area contributed by atoms with Gasteiger partial charge in [-0.05, 0) is 53.8 Å². The summed E-state index contributed by atoms with van der Waals surface area (Å²) in [6.45, 7) is 5.98. The van der Waals surface area contributed by atoms with Crippen LogP contribution in [0.2, 0.25) is 0 Å². The third kappa shape index (κ3) is 4.42. The molecule has 1 aliphatic heterocycles. The maximum atomic E-state index is 14.0. The highest BCUT2D eigenvalue weighted by atomic mass is 19.1. The fraction of sp³-hybridized carbons (Fsp3) is 0.391. The number of carboxylic acid groups (broad SMARTS) is 1. The summed E-state index contributed by atoms with van der Waals surface area (Å²) in [5.74, 6) is -1.16. The molecular weight excluding hydrogens is 373 g/mol. The predicted molar refractivity (Wildman–Crippen MR) is 107 cm³/mol. The van der Waals surface area contributed by atoms with Gasteiger partial charge < -0.3 is 14.7 Å². The van der Waals surface area contributed by atoms with Gasteiger partial charge >= 0.3 is 5.97 Å². The predicted octanol–water partition coefficient (Wildman–Crippen LogP) is 4.20. The van der Waals surface area contributed by atoms with Crippen LogP contribution in [0.15, 0.2) is 42.5 Å². The Kier molecular flexibility index (Phi) is 6.20. The SMILES string of the molecule is CCC(Oc1ccc2c(c1)C(c1cccc(F)c1)N(C(=O)C(C)C)CC2)C(=O)O. The van der Waals surface area contributed by atoms with Crippen LogP contribution in [0.4, 0.5) is 4.39 Å². The van der Waals surface area contributed by atoms with Crippen molar-refractivity contribution in [2.75, 3.05) is 6.54 Å². The van der Waals surface area contributed by atoms with Crippen LogP contribution in [0.1, 0.15) is 49.9 Å². The van der Waals surface area contributed by atoms with Crippen LogP contribution in [0, 0.1) is 11.7 Å². The fourth-order valence-electron chi connectivity index (χ4n) is 3.74. The van der Waals surface area contributed by atoms with Crippen molar-refractivity contribution in [1.82, 2.24) is 4.90 Å². The Morgan fingerprint density at radius 1 is 1.24 bits per heavy atom. The minimum Gasteiger partial charge on any atom is -0.479 e. The van der Waals surface area contributed by atoms with E-state index in [4.69, 9.17) is 4.74 Å². The summed E-state index contributed by atoms with van der Waals surface area (Å²) in [6.07, 6.45) is 0.0611. The molecule has 1 heterocycles. The molecule has 0 aliphatic carbocycles. The fourth-order valence-corrected chi connectivity index (χ4v) is 3.74. The highest BCUT2D eigenvalue weighted by Crippen LogP contribution is 2.38. The number of benzene rings is 2. The first kappa shape index (κ1) is 20.8. The molecule has 1 amide bonds. The van der Waals surface area contributed by atoms with Crippen LogP contribution in [0.3, 0.4) is 0 Å². The highest BCUT2D eigenvalue weighted by molar-refractivity contribution is 5.79. The van der Waals surface area contributed by atoms with Crippen molar-refractivity contribution < 1.29 is 23.8 Å². The Labute approximate surface area is 170 Å². The maximum absolute atomic E-state index is 14.0. The van der Waals surface area contributed by atoms with Crippen molar-refractivity contribution in [1.29, 1.82) is 0 Å². The number of fused-ring (bicyclic) bond motifs is 1. The van der Waals surface area contributed by atoms with Gasteiger partial charge in [0.15, 0.2) is 6.10 Å². The number of carboxylic acids is 1. The van der Waals surface area contributed by atoms with Crippen molar-refractivity contribution >= 4 is 11.9 Å². The molecule has 2 aromatic carbocycles. The first-order chi connectivity index (χ1) is 13.8. The summed E-state index contributed by atoms with van der Waals surface area (Å²) in [4.78, 5) is 26.0. The van der Waals surface area contributed by atoms with E-state index in [-0.39, 0.29) is 17.6 Å². The summed E-state index contributed by atoms with van der Waals surface area (Å²) < 4.78 is 19.6. The van der Waals surface area contributed by atoms with Crippen molar-refractivity contribution in [3.8, 4) is 5.75 Å². The number of carbonyl (C=O) groups is 2. The van der Waals surface area contributed by atoms with Gasteiger partial charge in [-0.3, -0.25) is 4.79 Å². The van der Waals surface area contributed by atoms with E-state index in [2.05, 4.69) is 0 Å². The number of aliphatic carboxylic acids is 1. The minimum absolute atomic E-state index is 0.00629. The number of hydrogen-bond acceptors (Lipinski definition) is 3. The van der Waals surface area contributed by atoms with Crippen LogP contribution < -0.4 is 4.74 Å². The molecular formula is C23H26FNO4. The normalized spacial score (nSPS) is 17.0. The molecule has 5 nitrogen and oxygen atoms in total. The van der Waals surface area contributed by atoms with Crippen LogP contribution in [0.5, 0.6) is 5.75 Å². The Hall–Kier alpha value is -2.89. The quantitative estimate of drug-likeness (QED) is 0.791. The van der Waals surface area contributed by atoms with Crippen molar-refractivity contribution in [3.05, 3.63) is 65.0 Å². The van der Waals surface area contributed by atoms with Gasteiger partial charge in [-0.15, -0.1) is 0 Å². The summed E-state index contributed by atoms with van der Waals surface area (Å²) in [7, 11) is 0. The second-order valence-electron chi connectivity index (χ2n) is 7.61. The van der Waals surface area contributed by atoms with E-state index < -0.39 is 18.1 Å². The molecule has 2 atom stereocenters. The molecule has 0 saturated heterocycles. The van der Waals surface area contributed by atoms with Crippen molar-refractivity contribution in [2.24, 2.45) is 5.92 Å². The zero-order valence-electron chi connectivity index (χ0n) is 16.9. The number of amides is 1. The average Bonchev–Trinajstić information content (AvgIpc) is 2.70. The molecule has 0 spiro atoms. The molecule has 2 unspecified atom stereocenters.